The van der Waals surface area contributed by atoms with Crippen molar-refractivity contribution in [3.05, 3.63) is 0 Å². The Kier molecular flexibility index (Phi) is 1.30. The van der Waals surface area contributed by atoms with Crippen LogP contribution in [-0.2, 0) is 9.47 Å². The first kappa shape index (κ1) is 5.06. The number of hydrogen-bond acceptors (Lipinski definition) is 2. The van der Waals surface area contributed by atoms with Crippen LogP contribution in [-0.4, -0.2) is 19.0 Å². The van der Waals surface area contributed by atoms with E-state index >= 15 is 0 Å². The predicted octanol–water partition coefficient (Wildman–Crippen LogP) is 0.768. The van der Waals surface area contributed by atoms with E-state index in [1.165, 1.54) is 0 Å². The molecule has 1 aliphatic heterocycles. The molecule has 0 bridgehead atoms. The molecule has 1 rings (SSSR count). The van der Waals surface area contributed by atoms with E-state index in [-0.39, 0.29) is 6.29 Å². The first-order valence-electron chi connectivity index (χ1n) is 2.61. The molecule has 1 fully saturated rings. The number of ether oxygens (including phenoxy) is 2. The van der Waals surface area contributed by atoms with Gasteiger partial charge >= 0.3 is 0 Å². The van der Waals surface area contributed by atoms with E-state index in [0.29, 0.717) is 6.10 Å². The zero-order chi connectivity index (χ0) is 5.28. The Morgan fingerprint density at radius 3 is 2.43 bits per heavy atom. The normalized spacial score (nSPS) is 38.6. The summed E-state index contributed by atoms with van der Waals surface area (Å²) in [5.74, 6) is 0. The summed E-state index contributed by atoms with van der Waals surface area (Å²) in [6.45, 7) is 4.73. The second-order valence-corrected chi connectivity index (χ2v) is 1.66. The Bertz CT molecular complexity index is 63.1. The topological polar surface area (TPSA) is 21.8 Å². The van der Waals surface area contributed by atoms with Crippen LogP contribution in [0.15, 0.2) is 0 Å². The van der Waals surface area contributed by atoms with Gasteiger partial charge in [-0.15, -0.1) is 0 Å². The van der Waals surface area contributed by atoms with Crippen molar-refractivity contribution in [3.8, 4) is 0 Å². The lowest BCUT2D eigenvalue weighted by Crippen LogP contribution is -1.95. The van der Waals surface area contributed by atoms with Gasteiger partial charge in [-0.1, -0.05) is 0 Å². The summed E-state index contributed by atoms with van der Waals surface area (Å²) in [7, 11) is 0. The summed E-state index contributed by atoms with van der Waals surface area (Å²) in [5.41, 5.74) is 0. The molecule has 0 aromatic heterocycles. The van der Waals surface area contributed by atoms with E-state index < -0.39 is 0 Å². The van der Waals surface area contributed by atoms with E-state index in [4.69, 9.17) is 9.47 Å². The third-order valence-electron chi connectivity index (χ3n) is 0.986. The lowest BCUT2D eigenvalue weighted by molar-refractivity contribution is 0.0593. The van der Waals surface area contributed by atoms with Crippen LogP contribution in [0.2, 0.25) is 0 Å². The van der Waals surface area contributed by atoms with Gasteiger partial charge in [0.15, 0.2) is 6.29 Å². The van der Waals surface area contributed by atoms with Crippen LogP contribution in [0.5, 0.6) is 0 Å². The standard InChI is InChI=1S/C5H10O2/c1-3-6-5-4(2)7-5/h4-5H,3H2,1-2H3. The molecule has 1 saturated heterocycles. The van der Waals surface area contributed by atoms with Crippen molar-refractivity contribution in [1.29, 1.82) is 0 Å². The van der Waals surface area contributed by atoms with Crippen LogP contribution >= 0.6 is 0 Å². The van der Waals surface area contributed by atoms with Crippen LogP contribution in [0.4, 0.5) is 0 Å². The highest BCUT2D eigenvalue weighted by atomic mass is 16.8. The first-order valence-corrected chi connectivity index (χ1v) is 2.61. The van der Waals surface area contributed by atoms with Gasteiger partial charge in [-0.05, 0) is 13.8 Å². The van der Waals surface area contributed by atoms with Gasteiger partial charge in [-0.25, -0.2) is 0 Å². The van der Waals surface area contributed by atoms with Crippen molar-refractivity contribution < 1.29 is 9.47 Å². The van der Waals surface area contributed by atoms with Gasteiger partial charge < -0.3 is 9.47 Å². The molecule has 1 aliphatic rings. The van der Waals surface area contributed by atoms with E-state index in [0.717, 1.165) is 6.61 Å². The molecule has 0 radical (unpaired) electrons. The molecule has 2 atom stereocenters. The van der Waals surface area contributed by atoms with Crippen molar-refractivity contribution in [3.63, 3.8) is 0 Å². The molecule has 7 heavy (non-hydrogen) atoms. The maximum Gasteiger partial charge on any atom is 0.184 e. The molecule has 0 amide bonds. The lowest BCUT2D eigenvalue weighted by atomic mass is 10.5. The number of rotatable bonds is 2. The second kappa shape index (κ2) is 1.80. The zero-order valence-electron chi connectivity index (χ0n) is 4.68. The molecule has 0 saturated carbocycles. The molecule has 0 spiro atoms. The molecule has 42 valence electrons. The molecule has 0 aromatic carbocycles. The second-order valence-electron chi connectivity index (χ2n) is 1.66. The monoisotopic (exact) mass is 102 g/mol. The minimum Gasteiger partial charge on any atom is -0.350 e. The molecule has 0 aromatic rings. The quantitative estimate of drug-likeness (QED) is 0.480. The fourth-order valence-electron chi connectivity index (χ4n) is 0.505. The van der Waals surface area contributed by atoms with E-state index in [2.05, 4.69) is 0 Å². The van der Waals surface area contributed by atoms with E-state index in [1.54, 1.807) is 0 Å². The van der Waals surface area contributed by atoms with Gasteiger partial charge in [0.25, 0.3) is 0 Å². The van der Waals surface area contributed by atoms with Crippen LogP contribution in [0.1, 0.15) is 13.8 Å². The summed E-state index contributed by atoms with van der Waals surface area (Å²) < 4.78 is 9.98. The molecule has 1 heterocycles. The van der Waals surface area contributed by atoms with Crippen molar-refractivity contribution >= 4 is 0 Å². The Hall–Kier alpha value is -0.0800. The highest BCUT2D eigenvalue weighted by Gasteiger charge is 2.34. The maximum absolute atomic E-state index is 5.04. The van der Waals surface area contributed by atoms with Crippen LogP contribution < -0.4 is 0 Å². The summed E-state index contributed by atoms with van der Waals surface area (Å²) in [6.07, 6.45) is 0.463. The van der Waals surface area contributed by atoms with Crippen LogP contribution in [0, 0.1) is 0 Å². The third-order valence-corrected chi connectivity index (χ3v) is 0.986. The third kappa shape index (κ3) is 1.14. The number of hydrogen-bond donors (Lipinski definition) is 0. The maximum atomic E-state index is 5.04. The number of epoxide rings is 1. The minimum atomic E-state index is 0.116. The first-order chi connectivity index (χ1) is 3.34. The Morgan fingerprint density at radius 1 is 1.71 bits per heavy atom. The summed E-state index contributed by atoms with van der Waals surface area (Å²) >= 11 is 0. The predicted molar refractivity (Wildman–Crippen MR) is 26.0 cm³/mol. The largest absolute Gasteiger partial charge is 0.350 e. The van der Waals surface area contributed by atoms with E-state index in [1.807, 2.05) is 13.8 Å². The van der Waals surface area contributed by atoms with Gasteiger partial charge in [0.1, 0.15) is 6.10 Å². The van der Waals surface area contributed by atoms with Crippen molar-refractivity contribution in [2.45, 2.75) is 26.2 Å². The van der Waals surface area contributed by atoms with Crippen LogP contribution in [0.25, 0.3) is 0 Å². The Balaban J connectivity index is 1.98. The SMILES string of the molecule is CCOC1OC1C. The van der Waals surface area contributed by atoms with Crippen molar-refractivity contribution in [1.82, 2.24) is 0 Å². The molecular formula is C5H10O2. The molecule has 2 unspecified atom stereocenters. The fourth-order valence-corrected chi connectivity index (χ4v) is 0.505. The average Bonchev–Trinajstić information content (AvgIpc) is 2.22. The fraction of sp³-hybridized carbons (Fsp3) is 1.00. The molecule has 0 N–H and O–H groups in total. The molecular weight excluding hydrogens is 92.1 g/mol. The Morgan fingerprint density at radius 2 is 2.29 bits per heavy atom. The minimum absolute atomic E-state index is 0.116. The molecule has 2 nitrogen and oxygen atoms in total. The summed E-state index contributed by atoms with van der Waals surface area (Å²) in [4.78, 5) is 0. The van der Waals surface area contributed by atoms with Crippen molar-refractivity contribution in [2.75, 3.05) is 6.61 Å². The van der Waals surface area contributed by atoms with E-state index in [9.17, 15) is 0 Å². The highest BCUT2D eigenvalue weighted by molar-refractivity contribution is 4.69. The summed E-state index contributed by atoms with van der Waals surface area (Å²) in [6, 6.07) is 0. The summed E-state index contributed by atoms with van der Waals surface area (Å²) in [5, 5.41) is 0. The molecule has 0 aliphatic carbocycles. The smallest absolute Gasteiger partial charge is 0.184 e. The van der Waals surface area contributed by atoms with Gasteiger partial charge in [-0.3, -0.25) is 0 Å². The van der Waals surface area contributed by atoms with Crippen LogP contribution in [0.3, 0.4) is 0 Å². The van der Waals surface area contributed by atoms with Gasteiger partial charge in [-0.2, -0.15) is 0 Å². The van der Waals surface area contributed by atoms with Gasteiger partial charge in [0.05, 0.1) is 0 Å². The average molecular weight is 102 g/mol. The van der Waals surface area contributed by atoms with Gasteiger partial charge in [0, 0.05) is 6.61 Å². The zero-order valence-corrected chi connectivity index (χ0v) is 4.68. The van der Waals surface area contributed by atoms with Gasteiger partial charge in [0.2, 0.25) is 0 Å². The van der Waals surface area contributed by atoms with Crippen molar-refractivity contribution in [2.24, 2.45) is 0 Å². The lowest BCUT2D eigenvalue weighted by Gasteiger charge is -1.87. The molecule has 2 heteroatoms. The highest BCUT2D eigenvalue weighted by Crippen LogP contribution is 2.21. The Labute approximate surface area is 43.4 Å².